The van der Waals surface area contributed by atoms with E-state index in [2.05, 4.69) is 5.32 Å². The summed E-state index contributed by atoms with van der Waals surface area (Å²) in [5.41, 5.74) is -0.612. The van der Waals surface area contributed by atoms with Crippen LogP contribution in [0.1, 0.15) is 58.3 Å². The van der Waals surface area contributed by atoms with Gasteiger partial charge in [0.25, 0.3) is 0 Å². The normalized spacial score (nSPS) is 22.8. The van der Waals surface area contributed by atoms with E-state index in [-0.39, 0.29) is 6.03 Å². The summed E-state index contributed by atoms with van der Waals surface area (Å²) in [7, 11) is 0. The van der Waals surface area contributed by atoms with Gasteiger partial charge >= 0.3 is 12.0 Å². The number of hydrogen-bond donors (Lipinski definition) is 2. The number of aliphatic carboxylic acids is 1. The van der Waals surface area contributed by atoms with Crippen molar-refractivity contribution in [3.8, 4) is 0 Å². The minimum atomic E-state index is -0.699. The molecule has 2 aliphatic rings. The fraction of sp³-hybridized carbons (Fsp3) is 0.867. The molecular formula is C15H26N2O3. The highest BCUT2D eigenvalue weighted by atomic mass is 16.4. The SMILES string of the molecule is CCCC1(C(=O)O)CCN(C(=O)NC2CCCC2)CC1. The molecule has 0 spiro atoms. The number of nitrogens with one attached hydrogen (secondary N) is 1. The van der Waals surface area contributed by atoms with Crippen molar-refractivity contribution in [2.75, 3.05) is 13.1 Å². The number of carbonyl (C=O) groups is 2. The maximum atomic E-state index is 12.2. The average Bonchev–Trinajstić information content (AvgIpc) is 2.92. The quantitative estimate of drug-likeness (QED) is 0.832. The molecule has 2 rings (SSSR count). The molecule has 1 heterocycles. The van der Waals surface area contributed by atoms with E-state index in [0.717, 1.165) is 19.3 Å². The summed E-state index contributed by atoms with van der Waals surface area (Å²) in [5, 5.41) is 12.5. The van der Waals surface area contributed by atoms with Gasteiger partial charge in [-0.2, -0.15) is 0 Å². The Labute approximate surface area is 120 Å². The van der Waals surface area contributed by atoms with Gasteiger partial charge in [0.15, 0.2) is 0 Å². The molecule has 0 aromatic rings. The molecule has 2 N–H and O–H groups in total. The lowest BCUT2D eigenvalue weighted by Crippen LogP contribution is -2.51. The van der Waals surface area contributed by atoms with Crippen LogP contribution in [0.3, 0.4) is 0 Å². The summed E-state index contributed by atoms with van der Waals surface area (Å²) < 4.78 is 0. The van der Waals surface area contributed by atoms with Crippen LogP contribution in [0.5, 0.6) is 0 Å². The molecule has 0 aromatic carbocycles. The molecule has 1 aliphatic carbocycles. The highest BCUT2D eigenvalue weighted by Gasteiger charge is 2.41. The summed E-state index contributed by atoms with van der Waals surface area (Å²) in [6.45, 7) is 3.14. The van der Waals surface area contributed by atoms with Gasteiger partial charge in [-0.25, -0.2) is 4.79 Å². The van der Waals surface area contributed by atoms with Crippen molar-refractivity contribution in [3.63, 3.8) is 0 Å². The molecule has 0 bridgehead atoms. The van der Waals surface area contributed by atoms with E-state index in [1.165, 1.54) is 12.8 Å². The van der Waals surface area contributed by atoms with Gasteiger partial charge in [0.05, 0.1) is 5.41 Å². The second-order valence-corrected chi connectivity index (χ2v) is 6.25. The zero-order chi connectivity index (χ0) is 14.6. The van der Waals surface area contributed by atoms with E-state index in [0.29, 0.717) is 38.4 Å². The topological polar surface area (TPSA) is 69.6 Å². The van der Waals surface area contributed by atoms with Crippen molar-refractivity contribution in [2.24, 2.45) is 5.41 Å². The molecule has 20 heavy (non-hydrogen) atoms. The molecule has 0 unspecified atom stereocenters. The second kappa shape index (κ2) is 6.46. The Bertz CT molecular complexity index is 356. The van der Waals surface area contributed by atoms with Crippen LogP contribution in [0.2, 0.25) is 0 Å². The van der Waals surface area contributed by atoms with Gasteiger partial charge in [0.1, 0.15) is 0 Å². The predicted octanol–water partition coefficient (Wildman–Crippen LogP) is 2.61. The summed E-state index contributed by atoms with van der Waals surface area (Å²) in [6.07, 6.45) is 7.29. The smallest absolute Gasteiger partial charge is 0.317 e. The lowest BCUT2D eigenvalue weighted by Gasteiger charge is -2.39. The van der Waals surface area contributed by atoms with Gasteiger partial charge in [0.2, 0.25) is 0 Å². The first-order valence-corrected chi connectivity index (χ1v) is 7.86. The maximum Gasteiger partial charge on any atom is 0.317 e. The molecule has 0 radical (unpaired) electrons. The molecule has 114 valence electrons. The average molecular weight is 282 g/mol. The first-order chi connectivity index (χ1) is 9.57. The number of amides is 2. The molecule has 0 atom stereocenters. The van der Waals surface area contributed by atoms with Gasteiger partial charge < -0.3 is 15.3 Å². The molecule has 5 heteroatoms. The lowest BCUT2D eigenvalue weighted by molar-refractivity contribution is -0.152. The zero-order valence-electron chi connectivity index (χ0n) is 12.4. The van der Waals surface area contributed by atoms with Crippen LogP contribution in [0.15, 0.2) is 0 Å². The van der Waals surface area contributed by atoms with Gasteiger partial charge in [-0.15, -0.1) is 0 Å². The molecule has 0 aromatic heterocycles. The van der Waals surface area contributed by atoms with E-state index in [1.807, 2.05) is 6.92 Å². The number of nitrogens with zero attached hydrogens (tertiary/aromatic N) is 1. The van der Waals surface area contributed by atoms with Crippen LogP contribution in [-0.2, 0) is 4.79 Å². The zero-order valence-corrected chi connectivity index (χ0v) is 12.4. The van der Waals surface area contributed by atoms with Crippen LogP contribution in [0.4, 0.5) is 4.79 Å². The first-order valence-electron chi connectivity index (χ1n) is 7.86. The van der Waals surface area contributed by atoms with Crippen molar-refractivity contribution in [1.82, 2.24) is 10.2 Å². The second-order valence-electron chi connectivity index (χ2n) is 6.25. The largest absolute Gasteiger partial charge is 0.481 e. The third-order valence-corrected chi connectivity index (χ3v) is 4.87. The summed E-state index contributed by atoms with van der Waals surface area (Å²) >= 11 is 0. The number of urea groups is 1. The Morgan fingerprint density at radius 3 is 2.35 bits per heavy atom. The van der Waals surface area contributed by atoms with Gasteiger partial charge in [0, 0.05) is 19.1 Å². The number of hydrogen-bond acceptors (Lipinski definition) is 2. The monoisotopic (exact) mass is 282 g/mol. The third kappa shape index (κ3) is 3.25. The summed E-state index contributed by atoms with van der Waals surface area (Å²) in [5.74, 6) is -0.699. The minimum Gasteiger partial charge on any atom is -0.481 e. The van der Waals surface area contributed by atoms with Crippen molar-refractivity contribution < 1.29 is 14.7 Å². The minimum absolute atomic E-state index is 0.00705. The molecule has 1 aliphatic heterocycles. The number of likely N-dealkylation sites (tertiary alicyclic amines) is 1. The van der Waals surface area contributed by atoms with Crippen LogP contribution in [-0.4, -0.2) is 41.1 Å². The highest BCUT2D eigenvalue weighted by molar-refractivity contribution is 5.77. The van der Waals surface area contributed by atoms with Crippen molar-refractivity contribution in [1.29, 1.82) is 0 Å². The van der Waals surface area contributed by atoms with E-state index in [4.69, 9.17) is 0 Å². The van der Waals surface area contributed by atoms with E-state index < -0.39 is 11.4 Å². The molecule has 1 saturated carbocycles. The van der Waals surface area contributed by atoms with Crippen molar-refractivity contribution >= 4 is 12.0 Å². The molecule has 2 fully saturated rings. The molecule has 2 amide bonds. The third-order valence-electron chi connectivity index (χ3n) is 4.87. The van der Waals surface area contributed by atoms with Crippen LogP contribution >= 0.6 is 0 Å². The Hall–Kier alpha value is -1.26. The Morgan fingerprint density at radius 2 is 1.85 bits per heavy atom. The van der Waals surface area contributed by atoms with Crippen LogP contribution in [0, 0.1) is 5.41 Å². The number of carboxylic acid groups (broad SMARTS) is 1. The number of carboxylic acids is 1. The van der Waals surface area contributed by atoms with Crippen LogP contribution < -0.4 is 5.32 Å². The first kappa shape index (κ1) is 15.1. The Balaban J connectivity index is 1.86. The summed E-state index contributed by atoms with van der Waals surface area (Å²) in [4.78, 5) is 25.4. The lowest BCUT2D eigenvalue weighted by atomic mass is 9.75. The van der Waals surface area contributed by atoms with Gasteiger partial charge in [-0.3, -0.25) is 4.79 Å². The van der Waals surface area contributed by atoms with Gasteiger partial charge in [-0.05, 0) is 32.1 Å². The van der Waals surface area contributed by atoms with E-state index >= 15 is 0 Å². The summed E-state index contributed by atoms with van der Waals surface area (Å²) in [6, 6.07) is 0.316. The molecule has 5 nitrogen and oxygen atoms in total. The van der Waals surface area contributed by atoms with Crippen molar-refractivity contribution in [2.45, 2.75) is 64.3 Å². The molecule has 1 saturated heterocycles. The fourth-order valence-electron chi connectivity index (χ4n) is 3.52. The molecular weight excluding hydrogens is 256 g/mol. The standard InChI is InChI=1S/C15H26N2O3/c1-2-7-15(13(18)19)8-10-17(11-9-15)14(20)16-12-5-3-4-6-12/h12H,2-11H2,1H3,(H,16,20)(H,18,19). The van der Waals surface area contributed by atoms with Crippen LogP contribution in [0.25, 0.3) is 0 Å². The maximum absolute atomic E-state index is 12.2. The Morgan fingerprint density at radius 1 is 1.25 bits per heavy atom. The van der Waals surface area contributed by atoms with Crippen molar-refractivity contribution in [3.05, 3.63) is 0 Å². The van der Waals surface area contributed by atoms with E-state index in [9.17, 15) is 14.7 Å². The predicted molar refractivity (Wildman–Crippen MR) is 76.6 cm³/mol. The van der Waals surface area contributed by atoms with E-state index in [1.54, 1.807) is 4.90 Å². The fourth-order valence-corrected chi connectivity index (χ4v) is 3.52. The number of carbonyl (C=O) groups excluding carboxylic acids is 1. The number of rotatable bonds is 4. The van der Waals surface area contributed by atoms with Gasteiger partial charge in [-0.1, -0.05) is 26.2 Å². The highest BCUT2D eigenvalue weighted by Crippen LogP contribution is 2.36. The number of piperidine rings is 1. The Kier molecular flexibility index (Phi) is 4.89.